The van der Waals surface area contributed by atoms with E-state index in [0.29, 0.717) is 11.6 Å². The van der Waals surface area contributed by atoms with Crippen LogP contribution in [0.1, 0.15) is 11.3 Å². The molecule has 90 valence electrons. The van der Waals surface area contributed by atoms with Crippen molar-refractivity contribution < 1.29 is 4.39 Å². The second kappa shape index (κ2) is 5.34. The van der Waals surface area contributed by atoms with Crippen molar-refractivity contribution in [3.8, 4) is 0 Å². The number of nitrogens with zero attached hydrogens (tertiary/aromatic N) is 1. The highest BCUT2D eigenvalue weighted by atomic mass is 35.5. The topological polar surface area (TPSA) is 17.0 Å². The Morgan fingerprint density at radius 2 is 2.18 bits per heavy atom. The average Bonchev–Trinajstić information content (AvgIpc) is 2.72. The van der Waals surface area contributed by atoms with E-state index >= 15 is 0 Å². The maximum Gasteiger partial charge on any atom is 0.123 e. The highest BCUT2D eigenvalue weighted by molar-refractivity contribution is 6.31. The summed E-state index contributed by atoms with van der Waals surface area (Å²) in [5, 5.41) is 3.69. The van der Waals surface area contributed by atoms with E-state index in [2.05, 4.69) is 9.88 Å². The molecule has 0 saturated carbocycles. The van der Waals surface area contributed by atoms with Crippen molar-refractivity contribution in [1.82, 2.24) is 9.88 Å². The van der Waals surface area contributed by atoms with Gasteiger partial charge in [0.25, 0.3) is 0 Å². The molecule has 2 rings (SSSR count). The number of aromatic nitrogens is 1. The van der Waals surface area contributed by atoms with Gasteiger partial charge in [-0.05, 0) is 42.9 Å². The molecule has 0 saturated heterocycles. The molecule has 1 aromatic heterocycles. The fraction of sp³-hybridized carbons (Fsp3) is 0.231. The van der Waals surface area contributed by atoms with Gasteiger partial charge in [-0.2, -0.15) is 0 Å². The first-order valence-corrected chi connectivity index (χ1v) is 5.81. The molecule has 0 radical (unpaired) electrons. The van der Waals surface area contributed by atoms with Crippen molar-refractivity contribution in [2.45, 2.75) is 13.1 Å². The van der Waals surface area contributed by atoms with Gasteiger partial charge in [-0.25, -0.2) is 4.39 Å². The fourth-order valence-electron chi connectivity index (χ4n) is 1.79. The number of hydrogen-bond donors (Lipinski definition) is 1. The van der Waals surface area contributed by atoms with Crippen LogP contribution in [0.2, 0.25) is 5.02 Å². The van der Waals surface area contributed by atoms with Crippen LogP contribution >= 0.6 is 11.6 Å². The van der Waals surface area contributed by atoms with E-state index in [1.165, 1.54) is 12.1 Å². The molecule has 1 N–H and O–H groups in total. The molecule has 1 heterocycles. The summed E-state index contributed by atoms with van der Waals surface area (Å²) in [6.45, 7) is 1.36. The van der Waals surface area contributed by atoms with Gasteiger partial charge in [0.05, 0.1) is 0 Å². The molecule has 0 bridgehead atoms. The Kier molecular flexibility index (Phi) is 3.82. The standard InChI is InChI=1S/C13H14ClFN2/c1-16-8-12-3-2-6-17(12)9-10-7-11(15)4-5-13(10)14/h2-7,16H,8-9H2,1H3. The number of hydrogen-bond acceptors (Lipinski definition) is 1. The minimum Gasteiger partial charge on any atom is -0.346 e. The molecule has 0 unspecified atom stereocenters. The van der Waals surface area contributed by atoms with Crippen molar-refractivity contribution in [3.63, 3.8) is 0 Å². The highest BCUT2D eigenvalue weighted by Crippen LogP contribution is 2.19. The molecule has 0 amide bonds. The van der Waals surface area contributed by atoms with E-state index in [-0.39, 0.29) is 5.82 Å². The molecule has 4 heteroatoms. The lowest BCUT2D eigenvalue weighted by molar-refractivity contribution is 0.621. The van der Waals surface area contributed by atoms with E-state index in [9.17, 15) is 4.39 Å². The Morgan fingerprint density at radius 1 is 1.35 bits per heavy atom. The van der Waals surface area contributed by atoms with Crippen molar-refractivity contribution >= 4 is 11.6 Å². The highest BCUT2D eigenvalue weighted by Gasteiger charge is 2.05. The van der Waals surface area contributed by atoms with Crippen LogP contribution in [0.3, 0.4) is 0 Å². The minimum atomic E-state index is -0.258. The maximum atomic E-state index is 13.1. The molecule has 0 aliphatic heterocycles. The minimum absolute atomic E-state index is 0.258. The quantitative estimate of drug-likeness (QED) is 0.885. The van der Waals surface area contributed by atoms with Gasteiger partial charge in [0.2, 0.25) is 0 Å². The number of nitrogens with one attached hydrogen (secondary N) is 1. The molecule has 17 heavy (non-hydrogen) atoms. The van der Waals surface area contributed by atoms with E-state index in [1.54, 1.807) is 6.07 Å². The third kappa shape index (κ3) is 2.87. The van der Waals surface area contributed by atoms with Gasteiger partial charge in [-0.15, -0.1) is 0 Å². The van der Waals surface area contributed by atoms with Crippen LogP contribution in [0, 0.1) is 5.82 Å². The van der Waals surface area contributed by atoms with Gasteiger partial charge in [0, 0.05) is 30.0 Å². The van der Waals surface area contributed by atoms with Crippen LogP contribution in [0.15, 0.2) is 36.5 Å². The van der Waals surface area contributed by atoms with Crippen LogP contribution in [-0.4, -0.2) is 11.6 Å². The van der Waals surface area contributed by atoms with E-state index in [0.717, 1.165) is 17.8 Å². The Bertz CT molecular complexity index is 508. The van der Waals surface area contributed by atoms with Crippen LogP contribution in [-0.2, 0) is 13.1 Å². The first-order valence-electron chi connectivity index (χ1n) is 5.43. The zero-order valence-corrected chi connectivity index (χ0v) is 10.3. The van der Waals surface area contributed by atoms with Crippen LogP contribution in [0.5, 0.6) is 0 Å². The normalized spacial score (nSPS) is 10.8. The fourth-order valence-corrected chi connectivity index (χ4v) is 1.97. The van der Waals surface area contributed by atoms with Crippen molar-refractivity contribution in [2.75, 3.05) is 7.05 Å². The molecule has 0 aliphatic carbocycles. The first-order chi connectivity index (χ1) is 8.20. The summed E-state index contributed by atoms with van der Waals surface area (Å²) in [4.78, 5) is 0. The van der Waals surface area contributed by atoms with Gasteiger partial charge in [0.1, 0.15) is 5.82 Å². The van der Waals surface area contributed by atoms with E-state index < -0.39 is 0 Å². The summed E-state index contributed by atoms with van der Waals surface area (Å²) in [6, 6.07) is 8.44. The molecule has 0 atom stereocenters. The van der Waals surface area contributed by atoms with Crippen LogP contribution in [0.4, 0.5) is 4.39 Å². The molecule has 0 aliphatic rings. The number of rotatable bonds is 4. The average molecular weight is 253 g/mol. The molecule has 2 aromatic rings. The molecule has 2 nitrogen and oxygen atoms in total. The van der Waals surface area contributed by atoms with Gasteiger partial charge in [0.15, 0.2) is 0 Å². The Labute approximate surface area is 105 Å². The Morgan fingerprint density at radius 3 is 2.94 bits per heavy atom. The monoisotopic (exact) mass is 252 g/mol. The number of halogens is 2. The largest absolute Gasteiger partial charge is 0.346 e. The number of benzene rings is 1. The Balaban J connectivity index is 2.25. The summed E-state index contributed by atoms with van der Waals surface area (Å²) in [5.74, 6) is -0.258. The maximum absolute atomic E-state index is 13.1. The summed E-state index contributed by atoms with van der Waals surface area (Å²) in [6.07, 6.45) is 1.97. The SMILES string of the molecule is CNCc1cccn1Cc1cc(F)ccc1Cl. The lowest BCUT2D eigenvalue weighted by Crippen LogP contribution is -2.11. The summed E-state index contributed by atoms with van der Waals surface area (Å²) in [7, 11) is 1.90. The summed E-state index contributed by atoms with van der Waals surface area (Å²) >= 11 is 6.05. The third-order valence-corrected chi connectivity index (χ3v) is 3.00. The predicted octanol–water partition coefficient (Wildman–Crippen LogP) is 3.05. The van der Waals surface area contributed by atoms with Crippen molar-refractivity contribution in [3.05, 3.63) is 58.6 Å². The second-order valence-electron chi connectivity index (χ2n) is 3.89. The summed E-state index contributed by atoms with van der Waals surface area (Å²) < 4.78 is 15.2. The van der Waals surface area contributed by atoms with E-state index in [4.69, 9.17) is 11.6 Å². The zero-order chi connectivity index (χ0) is 12.3. The lowest BCUT2D eigenvalue weighted by atomic mass is 10.2. The predicted molar refractivity (Wildman–Crippen MR) is 67.7 cm³/mol. The lowest BCUT2D eigenvalue weighted by Gasteiger charge is -2.10. The molecule has 1 aromatic carbocycles. The van der Waals surface area contributed by atoms with E-state index in [1.807, 2.05) is 25.4 Å². The zero-order valence-electron chi connectivity index (χ0n) is 9.58. The van der Waals surface area contributed by atoms with Crippen molar-refractivity contribution in [1.29, 1.82) is 0 Å². The molecule has 0 fully saturated rings. The summed E-state index contributed by atoms with van der Waals surface area (Å²) in [5.41, 5.74) is 1.94. The molecule has 0 spiro atoms. The van der Waals surface area contributed by atoms with Gasteiger partial charge < -0.3 is 9.88 Å². The second-order valence-corrected chi connectivity index (χ2v) is 4.30. The van der Waals surface area contributed by atoms with Crippen LogP contribution in [0.25, 0.3) is 0 Å². The third-order valence-electron chi connectivity index (χ3n) is 2.63. The van der Waals surface area contributed by atoms with Gasteiger partial charge in [-0.1, -0.05) is 11.6 Å². The van der Waals surface area contributed by atoms with Crippen molar-refractivity contribution in [2.24, 2.45) is 0 Å². The Hall–Kier alpha value is -1.32. The first kappa shape index (κ1) is 12.1. The molecular weight excluding hydrogens is 239 g/mol. The van der Waals surface area contributed by atoms with Crippen LogP contribution < -0.4 is 5.32 Å². The smallest absolute Gasteiger partial charge is 0.123 e. The van der Waals surface area contributed by atoms with Gasteiger partial charge >= 0.3 is 0 Å². The molecular formula is C13H14ClFN2. The van der Waals surface area contributed by atoms with Gasteiger partial charge in [-0.3, -0.25) is 0 Å².